The lowest BCUT2D eigenvalue weighted by atomic mass is 9.76. The van der Waals surface area contributed by atoms with Gasteiger partial charge in [-0.1, -0.05) is 25.7 Å². The number of hydrogen-bond donors (Lipinski definition) is 2. The van der Waals surface area contributed by atoms with E-state index in [-0.39, 0.29) is 11.6 Å². The Morgan fingerprint density at radius 3 is 2.28 bits per heavy atom. The van der Waals surface area contributed by atoms with Crippen LogP contribution in [-0.2, 0) is 9.47 Å². The van der Waals surface area contributed by atoms with Crippen molar-refractivity contribution in [1.29, 1.82) is 0 Å². The predicted octanol–water partition coefficient (Wildman–Crippen LogP) is 1.98. The van der Waals surface area contributed by atoms with Crippen LogP contribution in [0.4, 0.5) is 0 Å². The number of hydrogen-bond acceptors (Lipinski definition) is 4. The molecular formula is C14H28N2O2. The Balaban J connectivity index is 2.10. The minimum atomic E-state index is -0.0622. The van der Waals surface area contributed by atoms with Crippen molar-refractivity contribution in [2.24, 2.45) is 11.8 Å². The minimum absolute atomic E-state index is 0.0622. The summed E-state index contributed by atoms with van der Waals surface area (Å²) < 4.78 is 11.4. The van der Waals surface area contributed by atoms with E-state index in [1.807, 2.05) is 7.11 Å². The highest BCUT2D eigenvalue weighted by Gasteiger charge is 2.43. The normalized spacial score (nSPS) is 27.7. The number of nitrogens with one attached hydrogen (secondary N) is 1. The van der Waals surface area contributed by atoms with E-state index in [9.17, 15) is 0 Å². The molecule has 0 bridgehead atoms. The van der Waals surface area contributed by atoms with Crippen LogP contribution in [-0.4, -0.2) is 32.0 Å². The van der Waals surface area contributed by atoms with Gasteiger partial charge in [0.1, 0.15) is 0 Å². The molecule has 2 rings (SSSR count). The molecule has 4 heteroatoms. The highest BCUT2D eigenvalue weighted by atomic mass is 16.5. The van der Waals surface area contributed by atoms with E-state index >= 15 is 0 Å². The molecule has 0 radical (unpaired) electrons. The Hall–Kier alpha value is -0.160. The summed E-state index contributed by atoms with van der Waals surface area (Å²) in [6.07, 6.45) is 9.64. The van der Waals surface area contributed by atoms with Gasteiger partial charge in [-0.2, -0.15) is 0 Å². The summed E-state index contributed by atoms with van der Waals surface area (Å²) in [6, 6.07) is 0.268. The first kappa shape index (κ1) is 14.3. The maximum Gasteiger partial charge on any atom is 0.0847 e. The first-order valence-electron chi connectivity index (χ1n) is 7.41. The lowest BCUT2D eigenvalue weighted by Crippen LogP contribution is -2.58. The molecule has 4 nitrogen and oxygen atoms in total. The second-order valence-corrected chi connectivity index (χ2v) is 5.78. The van der Waals surface area contributed by atoms with Gasteiger partial charge in [0.05, 0.1) is 11.6 Å². The van der Waals surface area contributed by atoms with Crippen LogP contribution in [0.25, 0.3) is 0 Å². The molecule has 1 atom stereocenters. The summed E-state index contributed by atoms with van der Waals surface area (Å²) in [5, 5.41) is 0. The van der Waals surface area contributed by atoms with Gasteiger partial charge in [0.25, 0.3) is 0 Å². The van der Waals surface area contributed by atoms with E-state index in [0.29, 0.717) is 5.92 Å². The predicted molar refractivity (Wildman–Crippen MR) is 72.1 cm³/mol. The molecule has 1 aliphatic carbocycles. The monoisotopic (exact) mass is 256 g/mol. The first-order valence-corrected chi connectivity index (χ1v) is 7.41. The zero-order valence-corrected chi connectivity index (χ0v) is 11.6. The third-order valence-corrected chi connectivity index (χ3v) is 4.84. The van der Waals surface area contributed by atoms with Gasteiger partial charge in [-0.15, -0.1) is 0 Å². The number of ether oxygens (including phenoxy) is 2. The molecule has 106 valence electrons. The summed E-state index contributed by atoms with van der Waals surface area (Å²) in [5.41, 5.74) is 3.02. The third-order valence-electron chi connectivity index (χ3n) is 4.84. The highest BCUT2D eigenvalue weighted by molar-refractivity contribution is 4.97. The van der Waals surface area contributed by atoms with Crippen molar-refractivity contribution in [2.75, 3.05) is 20.3 Å². The van der Waals surface area contributed by atoms with Crippen LogP contribution >= 0.6 is 0 Å². The number of hydrazine groups is 1. The maximum absolute atomic E-state index is 5.98. The van der Waals surface area contributed by atoms with Gasteiger partial charge in [-0.05, 0) is 31.6 Å². The van der Waals surface area contributed by atoms with Gasteiger partial charge < -0.3 is 9.47 Å². The summed E-state index contributed by atoms with van der Waals surface area (Å²) in [5.74, 6) is 6.46. The second kappa shape index (κ2) is 6.85. The van der Waals surface area contributed by atoms with Gasteiger partial charge >= 0.3 is 0 Å². The lowest BCUT2D eigenvalue weighted by Gasteiger charge is -2.44. The molecule has 1 saturated carbocycles. The fourth-order valence-electron chi connectivity index (χ4n) is 3.74. The standard InChI is InChI=1S/C14H28N2O2/c1-17-14(8-4-2-3-5-9-14)13(16-15)12-6-10-18-11-7-12/h12-13,16H,2-11,15H2,1H3. The van der Waals surface area contributed by atoms with E-state index in [0.717, 1.165) is 38.9 Å². The number of methoxy groups -OCH3 is 1. The Morgan fingerprint density at radius 2 is 1.78 bits per heavy atom. The molecular weight excluding hydrogens is 228 g/mol. The second-order valence-electron chi connectivity index (χ2n) is 5.78. The molecule has 2 fully saturated rings. The molecule has 3 N–H and O–H groups in total. The van der Waals surface area contributed by atoms with Crippen LogP contribution in [0, 0.1) is 5.92 Å². The van der Waals surface area contributed by atoms with Crippen LogP contribution in [0.1, 0.15) is 51.4 Å². The molecule has 0 aromatic heterocycles. The zero-order chi connectivity index (χ0) is 12.8. The van der Waals surface area contributed by atoms with Crippen molar-refractivity contribution in [2.45, 2.75) is 63.0 Å². The van der Waals surface area contributed by atoms with Crippen LogP contribution in [0.5, 0.6) is 0 Å². The highest BCUT2D eigenvalue weighted by Crippen LogP contribution is 2.37. The van der Waals surface area contributed by atoms with E-state index < -0.39 is 0 Å². The molecule has 0 aromatic carbocycles. The molecule has 0 amide bonds. The molecule has 2 aliphatic rings. The average molecular weight is 256 g/mol. The van der Waals surface area contributed by atoms with Crippen LogP contribution in [0.15, 0.2) is 0 Å². The van der Waals surface area contributed by atoms with Gasteiger partial charge in [-0.3, -0.25) is 11.3 Å². The van der Waals surface area contributed by atoms with Crippen molar-refractivity contribution < 1.29 is 9.47 Å². The molecule has 0 spiro atoms. The van der Waals surface area contributed by atoms with E-state index in [1.165, 1.54) is 25.7 Å². The van der Waals surface area contributed by atoms with Gasteiger partial charge in [0.15, 0.2) is 0 Å². The van der Waals surface area contributed by atoms with E-state index in [2.05, 4.69) is 5.43 Å². The van der Waals surface area contributed by atoms with Crippen molar-refractivity contribution >= 4 is 0 Å². The Morgan fingerprint density at radius 1 is 1.17 bits per heavy atom. The van der Waals surface area contributed by atoms with Gasteiger partial charge in [-0.25, -0.2) is 0 Å². The van der Waals surface area contributed by atoms with Crippen molar-refractivity contribution in [3.8, 4) is 0 Å². The van der Waals surface area contributed by atoms with Crippen LogP contribution < -0.4 is 11.3 Å². The van der Waals surface area contributed by atoms with Crippen LogP contribution in [0.3, 0.4) is 0 Å². The Labute approximate surface area is 111 Å². The van der Waals surface area contributed by atoms with Crippen molar-refractivity contribution in [3.63, 3.8) is 0 Å². The molecule has 1 aliphatic heterocycles. The summed E-state index contributed by atoms with van der Waals surface area (Å²) in [7, 11) is 1.86. The molecule has 1 saturated heterocycles. The van der Waals surface area contributed by atoms with E-state index in [4.69, 9.17) is 15.3 Å². The molecule has 18 heavy (non-hydrogen) atoms. The summed E-state index contributed by atoms with van der Waals surface area (Å²) >= 11 is 0. The Kier molecular flexibility index (Phi) is 5.42. The Bertz CT molecular complexity index is 234. The van der Waals surface area contributed by atoms with Gasteiger partial charge in [0.2, 0.25) is 0 Å². The molecule has 1 unspecified atom stereocenters. The number of rotatable bonds is 4. The molecule has 1 heterocycles. The van der Waals surface area contributed by atoms with Crippen molar-refractivity contribution in [3.05, 3.63) is 0 Å². The summed E-state index contributed by atoms with van der Waals surface area (Å²) in [6.45, 7) is 1.73. The maximum atomic E-state index is 5.98. The first-order chi connectivity index (χ1) is 8.82. The van der Waals surface area contributed by atoms with Crippen LogP contribution in [0.2, 0.25) is 0 Å². The van der Waals surface area contributed by atoms with Gasteiger partial charge in [0, 0.05) is 20.3 Å². The average Bonchev–Trinajstić information content (AvgIpc) is 2.67. The minimum Gasteiger partial charge on any atom is -0.381 e. The third kappa shape index (κ3) is 3.05. The summed E-state index contributed by atoms with van der Waals surface area (Å²) in [4.78, 5) is 0. The van der Waals surface area contributed by atoms with E-state index in [1.54, 1.807) is 0 Å². The zero-order valence-electron chi connectivity index (χ0n) is 11.6. The largest absolute Gasteiger partial charge is 0.381 e. The fraction of sp³-hybridized carbons (Fsp3) is 1.00. The quantitative estimate of drug-likeness (QED) is 0.459. The number of nitrogens with two attached hydrogens (primary N) is 1. The smallest absolute Gasteiger partial charge is 0.0847 e. The lowest BCUT2D eigenvalue weighted by molar-refractivity contribution is -0.0816. The molecule has 0 aromatic rings. The SMILES string of the molecule is COC1(C(NN)C2CCOCC2)CCCCCC1. The topological polar surface area (TPSA) is 56.5 Å². The van der Waals surface area contributed by atoms with Crippen molar-refractivity contribution in [1.82, 2.24) is 5.43 Å². The fourth-order valence-corrected chi connectivity index (χ4v) is 3.74.